The standard InChI is InChI=1S/C20H18ClN3O4S/c1-14-4-9-17(24(25)26)13-19(14)29(27,28)23-12-11-22-10-2-3-18(22)20(23)15-5-7-16(21)8-6-15/h2-10,13,20H,11-12H2,1H3. The third-order valence-electron chi connectivity index (χ3n) is 5.15. The van der Waals surface area contributed by atoms with Crippen molar-refractivity contribution in [3.05, 3.63) is 92.8 Å². The normalized spacial score (nSPS) is 17.1. The molecule has 7 nitrogen and oxygen atoms in total. The van der Waals surface area contributed by atoms with Gasteiger partial charge < -0.3 is 4.57 Å². The highest BCUT2D eigenvalue weighted by Gasteiger charge is 2.38. The molecule has 4 rings (SSSR count). The van der Waals surface area contributed by atoms with Gasteiger partial charge in [-0.3, -0.25) is 10.1 Å². The average molecular weight is 432 g/mol. The maximum absolute atomic E-state index is 13.6. The number of aryl methyl sites for hydroxylation is 1. The van der Waals surface area contributed by atoms with Crippen LogP contribution in [-0.4, -0.2) is 28.8 Å². The van der Waals surface area contributed by atoms with Gasteiger partial charge in [-0.2, -0.15) is 4.31 Å². The predicted molar refractivity (Wildman–Crippen MR) is 109 cm³/mol. The first-order chi connectivity index (χ1) is 13.8. The zero-order valence-corrected chi connectivity index (χ0v) is 17.1. The smallest absolute Gasteiger partial charge is 0.270 e. The summed E-state index contributed by atoms with van der Waals surface area (Å²) in [5.41, 5.74) is 1.83. The Labute approximate surface area is 173 Å². The van der Waals surface area contributed by atoms with Gasteiger partial charge >= 0.3 is 0 Å². The van der Waals surface area contributed by atoms with Crippen molar-refractivity contribution in [2.24, 2.45) is 0 Å². The molecule has 0 fully saturated rings. The van der Waals surface area contributed by atoms with Crippen LogP contribution in [0.25, 0.3) is 0 Å². The highest BCUT2D eigenvalue weighted by Crippen LogP contribution is 2.38. The van der Waals surface area contributed by atoms with Crippen molar-refractivity contribution in [1.82, 2.24) is 8.87 Å². The van der Waals surface area contributed by atoms with E-state index in [9.17, 15) is 18.5 Å². The summed E-state index contributed by atoms with van der Waals surface area (Å²) in [4.78, 5) is 10.6. The van der Waals surface area contributed by atoms with Gasteiger partial charge in [0.2, 0.25) is 10.0 Å². The summed E-state index contributed by atoms with van der Waals surface area (Å²) in [5.74, 6) is 0. The molecule has 0 bridgehead atoms. The van der Waals surface area contributed by atoms with Crippen molar-refractivity contribution < 1.29 is 13.3 Å². The van der Waals surface area contributed by atoms with E-state index in [0.717, 1.165) is 17.3 Å². The summed E-state index contributed by atoms with van der Waals surface area (Å²) in [6.45, 7) is 2.39. The third-order valence-corrected chi connectivity index (χ3v) is 7.41. The molecule has 0 saturated carbocycles. The minimum atomic E-state index is -3.99. The lowest BCUT2D eigenvalue weighted by molar-refractivity contribution is -0.385. The largest absolute Gasteiger partial charge is 0.348 e. The van der Waals surface area contributed by atoms with Crippen LogP contribution in [0.3, 0.4) is 0 Å². The molecule has 0 aliphatic carbocycles. The molecule has 29 heavy (non-hydrogen) atoms. The molecule has 1 aliphatic rings. The summed E-state index contributed by atoms with van der Waals surface area (Å²) in [6, 6.07) is 14.2. The molecule has 0 spiro atoms. The fraction of sp³-hybridized carbons (Fsp3) is 0.200. The number of benzene rings is 2. The Morgan fingerprint density at radius 2 is 1.83 bits per heavy atom. The Morgan fingerprint density at radius 3 is 2.52 bits per heavy atom. The van der Waals surface area contributed by atoms with Crippen LogP contribution in [0.15, 0.2) is 65.7 Å². The number of rotatable bonds is 4. The molecule has 1 unspecified atom stereocenters. The number of aromatic nitrogens is 1. The van der Waals surface area contributed by atoms with E-state index >= 15 is 0 Å². The molecule has 3 aromatic rings. The van der Waals surface area contributed by atoms with Gasteiger partial charge in [0.05, 0.1) is 15.9 Å². The van der Waals surface area contributed by atoms with E-state index in [1.165, 1.54) is 16.4 Å². The van der Waals surface area contributed by atoms with Crippen LogP contribution >= 0.6 is 11.6 Å². The summed E-state index contributed by atoms with van der Waals surface area (Å²) in [6.07, 6.45) is 1.92. The van der Waals surface area contributed by atoms with Crippen LogP contribution in [-0.2, 0) is 16.6 Å². The third kappa shape index (κ3) is 3.43. The lowest BCUT2D eigenvalue weighted by Crippen LogP contribution is -2.42. The van der Waals surface area contributed by atoms with E-state index in [1.807, 2.05) is 22.9 Å². The highest BCUT2D eigenvalue weighted by molar-refractivity contribution is 7.89. The highest BCUT2D eigenvalue weighted by atomic mass is 35.5. The number of non-ortho nitro benzene ring substituents is 1. The fourth-order valence-electron chi connectivity index (χ4n) is 3.71. The van der Waals surface area contributed by atoms with E-state index in [1.54, 1.807) is 31.2 Å². The maximum atomic E-state index is 13.6. The summed E-state index contributed by atoms with van der Waals surface area (Å²) < 4.78 is 30.7. The van der Waals surface area contributed by atoms with E-state index in [0.29, 0.717) is 17.1 Å². The first kappa shape index (κ1) is 19.6. The molecule has 2 aromatic carbocycles. The monoisotopic (exact) mass is 431 g/mol. The number of sulfonamides is 1. The molecular weight excluding hydrogens is 414 g/mol. The van der Waals surface area contributed by atoms with Gasteiger partial charge in [-0.05, 0) is 42.3 Å². The molecule has 0 radical (unpaired) electrons. The van der Waals surface area contributed by atoms with Gasteiger partial charge in [0.1, 0.15) is 0 Å². The van der Waals surface area contributed by atoms with Gasteiger partial charge in [-0.1, -0.05) is 29.8 Å². The van der Waals surface area contributed by atoms with Gasteiger partial charge in [0.25, 0.3) is 5.69 Å². The summed E-state index contributed by atoms with van der Waals surface area (Å²) in [5, 5.41) is 11.8. The number of nitro groups is 1. The van der Waals surface area contributed by atoms with Gasteiger partial charge in [0, 0.05) is 42.1 Å². The Bertz CT molecular complexity index is 1190. The molecule has 150 valence electrons. The van der Waals surface area contributed by atoms with E-state index in [-0.39, 0.29) is 17.1 Å². The van der Waals surface area contributed by atoms with Crippen molar-refractivity contribution in [2.45, 2.75) is 24.4 Å². The zero-order chi connectivity index (χ0) is 20.8. The maximum Gasteiger partial charge on any atom is 0.270 e. The van der Waals surface area contributed by atoms with E-state index in [4.69, 9.17) is 11.6 Å². The second-order valence-corrected chi connectivity index (χ2v) is 9.20. The van der Waals surface area contributed by atoms with Crippen molar-refractivity contribution in [3.63, 3.8) is 0 Å². The minimum Gasteiger partial charge on any atom is -0.348 e. The lowest BCUT2D eigenvalue weighted by atomic mass is 10.0. The van der Waals surface area contributed by atoms with Crippen LogP contribution in [0.5, 0.6) is 0 Å². The number of halogens is 1. The average Bonchev–Trinajstić information content (AvgIpc) is 3.16. The Kier molecular flexibility index (Phi) is 4.94. The van der Waals surface area contributed by atoms with Crippen molar-refractivity contribution in [1.29, 1.82) is 0 Å². The van der Waals surface area contributed by atoms with E-state index in [2.05, 4.69) is 0 Å². The predicted octanol–water partition coefficient (Wildman–Crippen LogP) is 4.15. The van der Waals surface area contributed by atoms with E-state index < -0.39 is 21.0 Å². The van der Waals surface area contributed by atoms with Gasteiger partial charge in [-0.25, -0.2) is 8.42 Å². The van der Waals surface area contributed by atoms with Crippen LogP contribution in [0, 0.1) is 17.0 Å². The first-order valence-corrected chi connectivity index (χ1v) is 10.8. The molecule has 0 amide bonds. The fourth-order valence-corrected chi connectivity index (χ4v) is 5.66. The topological polar surface area (TPSA) is 85.4 Å². The van der Waals surface area contributed by atoms with Crippen LogP contribution in [0.2, 0.25) is 5.02 Å². The van der Waals surface area contributed by atoms with Crippen LogP contribution < -0.4 is 0 Å². The second-order valence-electron chi connectivity index (χ2n) is 6.90. The Morgan fingerprint density at radius 1 is 1.10 bits per heavy atom. The van der Waals surface area contributed by atoms with Crippen molar-refractivity contribution in [2.75, 3.05) is 6.54 Å². The summed E-state index contributed by atoms with van der Waals surface area (Å²) >= 11 is 6.02. The Hall–Kier alpha value is -2.68. The number of hydrogen-bond donors (Lipinski definition) is 0. The molecular formula is C20H18ClN3O4S. The number of nitrogens with zero attached hydrogens (tertiary/aromatic N) is 3. The number of hydrogen-bond acceptors (Lipinski definition) is 4. The lowest BCUT2D eigenvalue weighted by Gasteiger charge is -2.36. The Balaban J connectivity index is 1.87. The molecule has 1 aromatic heterocycles. The number of nitro benzene ring substituents is 1. The molecule has 9 heteroatoms. The van der Waals surface area contributed by atoms with Gasteiger partial charge in [0.15, 0.2) is 0 Å². The second kappa shape index (κ2) is 7.29. The molecule has 1 atom stereocenters. The van der Waals surface area contributed by atoms with Crippen molar-refractivity contribution >= 4 is 27.3 Å². The number of fused-ring (bicyclic) bond motifs is 1. The first-order valence-electron chi connectivity index (χ1n) is 8.96. The van der Waals surface area contributed by atoms with Crippen molar-refractivity contribution in [3.8, 4) is 0 Å². The zero-order valence-electron chi connectivity index (χ0n) is 15.5. The molecule has 0 N–H and O–H groups in total. The minimum absolute atomic E-state index is 0.0503. The molecule has 1 aliphatic heterocycles. The van der Waals surface area contributed by atoms with Gasteiger partial charge in [-0.15, -0.1) is 0 Å². The molecule has 2 heterocycles. The molecule has 0 saturated heterocycles. The summed E-state index contributed by atoms with van der Waals surface area (Å²) in [7, 11) is -3.99. The quantitative estimate of drug-likeness (QED) is 0.458. The SMILES string of the molecule is Cc1ccc([N+](=O)[O-])cc1S(=O)(=O)N1CCn2cccc2C1c1ccc(Cl)cc1. The van der Waals surface area contributed by atoms with Crippen LogP contribution in [0.4, 0.5) is 5.69 Å². The van der Waals surface area contributed by atoms with Crippen LogP contribution in [0.1, 0.15) is 22.9 Å².